The minimum Gasteiger partial charge on any atom is -0.466 e. The summed E-state index contributed by atoms with van der Waals surface area (Å²) in [6.07, 6.45) is -0.0817. The lowest BCUT2D eigenvalue weighted by Gasteiger charge is -2.19. The van der Waals surface area contributed by atoms with E-state index in [0.29, 0.717) is 0 Å². The molecule has 116 valence electrons. The van der Waals surface area contributed by atoms with Crippen LogP contribution < -0.4 is 5.32 Å². The molecule has 0 aromatic rings. The van der Waals surface area contributed by atoms with E-state index in [4.69, 9.17) is 44.3 Å². The van der Waals surface area contributed by atoms with Crippen molar-refractivity contribution >= 4 is 52.6 Å². The largest absolute Gasteiger partial charge is 0.466 e. The Morgan fingerprint density at radius 1 is 1.10 bits per heavy atom. The molecule has 0 radical (unpaired) electrons. The second-order valence-electron chi connectivity index (χ2n) is 3.62. The third kappa shape index (κ3) is 7.77. The highest BCUT2D eigenvalue weighted by molar-refractivity contribution is 6.76. The summed E-state index contributed by atoms with van der Waals surface area (Å²) < 4.78 is 7.30. The van der Waals surface area contributed by atoms with Gasteiger partial charge in [-0.2, -0.15) is 0 Å². The Balaban J connectivity index is 4.61. The summed E-state index contributed by atoms with van der Waals surface area (Å²) in [6.45, 7) is 3.62. The van der Waals surface area contributed by atoms with E-state index < -0.39 is 27.7 Å². The molecule has 1 atom stereocenters. The van der Waals surface area contributed by atoms with E-state index in [1.807, 2.05) is 0 Å². The summed E-state index contributed by atoms with van der Waals surface area (Å²) in [5.41, 5.74) is 0. The summed E-state index contributed by atoms with van der Waals surface area (Å²) >= 11 is 16.2. The van der Waals surface area contributed by atoms with Crippen molar-refractivity contribution in [1.82, 2.24) is 5.32 Å². The summed E-state index contributed by atoms with van der Waals surface area (Å²) in [5, 5.41) is 2.22. The molecule has 0 aliphatic rings. The molecule has 20 heavy (non-hydrogen) atoms. The van der Waals surface area contributed by atoms with Gasteiger partial charge in [-0.3, -0.25) is 9.59 Å². The normalized spacial score (nSPS) is 12.4. The molecule has 1 unspecified atom stereocenters. The van der Waals surface area contributed by atoms with Gasteiger partial charge in [-0.25, -0.2) is 4.79 Å². The lowest BCUT2D eigenvalue weighted by atomic mass is 10.1. The van der Waals surface area contributed by atoms with Gasteiger partial charge in [0.2, 0.25) is 0 Å². The zero-order valence-electron chi connectivity index (χ0n) is 11.1. The van der Waals surface area contributed by atoms with Crippen LogP contribution in [-0.2, 0) is 23.9 Å². The van der Waals surface area contributed by atoms with Crippen molar-refractivity contribution in [2.75, 3.05) is 13.2 Å². The average Bonchev–Trinajstić information content (AvgIpc) is 2.33. The fourth-order valence-electron chi connectivity index (χ4n) is 1.23. The summed E-state index contributed by atoms with van der Waals surface area (Å²) in [6, 6.07) is -1.08. The van der Waals surface area contributed by atoms with Crippen LogP contribution in [0.15, 0.2) is 0 Å². The topological polar surface area (TPSA) is 81.7 Å². The molecular formula is C11H16Cl3NO5. The van der Waals surface area contributed by atoms with E-state index in [0.717, 1.165) is 0 Å². The molecular weight excluding hydrogens is 332 g/mol. The fourth-order valence-corrected chi connectivity index (χ4v) is 1.39. The van der Waals surface area contributed by atoms with Crippen molar-refractivity contribution in [2.45, 2.75) is 36.5 Å². The smallest absolute Gasteiger partial charge is 0.328 e. The summed E-state index contributed by atoms with van der Waals surface area (Å²) in [7, 11) is 0. The Bertz CT molecular complexity index is 356. The van der Waals surface area contributed by atoms with Crippen LogP contribution in [0.25, 0.3) is 0 Å². The summed E-state index contributed by atoms with van der Waals surface area (Å²) in [4.78, 5) is 34.4. The molecule has 1 N–H and O–H groups in total. The molecule has 0 aromatic heterocycles. The van der Waals surface area contributed by atoms with E-state index in [9.17, 15) is 14.4 Å². The Kier molecular flexibility index (Phi) is 8.93. The van der Waals surface area contributed by atoms with E-state index in [-0.39, 0.29) is 26.1 Å². The maximum atomic E-state index is 11.7. The number of rotatable bonds is 7. The fraction of sp³-hybridized carbons (Fsp3) is 0.727. The van der Waals surface area contributed by atoms with Gasteiger partial charge in [0, 0.05) is 6.42 Å². The SMILES string of the molecule is CCOC(=O)CCC(NC(=O)C(Cl)(Cl)Cl)C(=O)OCC. The van der Waals surface area contributed by atoms with Crippen molar-refractivity contribution in [3.05, 3.63) is 0 Å². The van der Waals surface area contributed by atoms with Crippen molar-refractivity contribution in [2.24, 2.45) is 0 Å². The lowest BCUT2D eigenvalue weighted by Crippen LogP contribution is -2.46. The first-order valence-electron chi connectivity index (χ1n) is 5.92. The van der Waals surface area contributed by atoms with Gasteiger partial charge in [0.25, 0.3) is 9.70 Å². The molecule has 0 aromatic carbocycles. The monoisotopic (exact) mass is 347 g/mol. The molecule has 0 aliphatic heterocycles. The van der Waals surface area contributed by atoms with Gasteiger partial charge in [0.1, 0.15) is 6.04 Å². The van der Waals surface area contributed by atoms with Gasteiger partial charge >= 0.3 is 11.9 Å². The number of ether oxygens (including phenoxy) is 2. The molecule has 0 fully saturated rings. The van der Waals surface area contributed by atoms with Crippen LogP contribution in [0.5, 0.6) is 0 Å². The van der Waals surface area contributed by atoms with Crippen molar-refractivity contribution in [3.63, 3.8) is 0 Å². The second kappa shape index (κ2) is 9.26. The Hall–Kier alpha value is -0.720. The minimum absolute atomic E-state index is 0.00977. The molecule has 0 saturated heterocycles. The number of hydrogen-bond acceptors (Lipinski definition) is 5. The van der Waals surface area contributed by atoms with Crippen LogP contribution in [0.4, 0.5) is 0 Å². The van der Waals surface area contributed by atoms with E-state index in [2.05, 4.69) is 5.32 Å². The van der Waals surface area contributed by atoms with Crippen LogP contribution in [0, 0.1) is 0 Å². The third-order valence-electron chi connectivity index (χ3n) is 2.08. The van der Waals surface area contributed by atoms with Crippen LogP contribution in [0.1, 0.15) is 26.7 Å². The number of alkyl halides is 3. The molecule has 0 heterocycles. The van der Waals surface area contributed by atoms with Crippen LogP contribution in [-0.4, -0.2) is 40.9 Å². The second-order valence-corrected chi connectivity index (χ2v) is 5.90. The lowest BCUT2D eigenvalue weighted by molar-refractivity contribution is -0.148. The number of halogens is 3. The Morgan fingerprint density at radius 2 is 1.65 bits per heavy atom. The molecule has 0 spiro atoms. The van der Waals surface area contributed by atoms with Gasteiger partial charge in [-0.1, -0.05) is 34.8 Å². The highest BCUT2D eigenvalue weighted by atomic mass is 35.6. The number of hydrogen-bond donors (Lipinski definition) is 1. The van der Waals surface area contributed by atoms with E-state index in [1.165, 1.54) is 0 Å². The standard InChI is InChI=1S/C11H16Cl3NO5/c1-3-19-8(16)6-5-7(9(17)20-4-2)15-10(18)11(12,13)14/h7H,3-6H2,1-2H3,(H,15,18). The minimum atomic E-state index is -2.20. The number of carbonyl (C=O) groups excluding carboxylic acids is 3. The van der Waals surface area contributed by atoms with Crippen molar-refractivity contribution in [1.29, 1.82) is 0 Å². The van der Waals surface area contributed by atoms with Gasteiger partial charge in [-0.15, -0.1) is 0 Å². The Morgan fingerprint density at radius 3 is 2.10 bits per heavy atom. The van der Waals surface area contributed by atoms with Gasteiger partial charge in [0.05, 0.1) is 13.2 Å². The summed E-state index contributed by atoms with van der Waals surface area (Å²) in [5.74, 6) is -2.17. The molecule has 0 rings (SSSR count). The highest BCUT2D eigenvalue weighted by Crippen LogP contribution is 2.26. The first kappa shape index (κ1) is 19.3. The van der Waals surface area contributed by atoms with E-state index in [1.54, 1.807) is 13.8 Å². The Labute approximate surface area is 132 Å². The highest BCUT2D eigenvalue weighted by Gasteiger charge is 2.34. The number of amides is 1. The maximum Gasteiger partial charge on any atom is 0.328 e. The number of esters is 2. The van der Waals surface area contributed by atoms with Gasteiger partial charge in [-0.05, 0) is 20.3 Å². The molecule has 0 aliphatic carbocycles. The first-order valence-corrected chi connectivity index (χ1v) is 7.05. The molecule has 6 nitrogen and oxygen atoms in total. The quantitative estimate of drug-likeness (QED) is 0.560. The van der Waals surface area contributed by atoms with Crippen LogP contribution in [0.3, 0.4) is 0 Å². The third-order valence-corrected chi connectivity index (χ3v) is 2.59. The zero-order chi connectivity index (χ0) is 15.8. The molecule has 9 heteroatoms. The van der Waals surface area contributed by atoms with Crippen molar-refractivity contribution in [3.8, 4) is 0 Å². The first-order chi connectivity index (χ1) is 9.22. The predicted molar refractivity (Wildman–Crippen MR) is 74.7 cm³/mol. The number of nitrogens with one attached hydrogen (secondary N) is 1. The molecule has 0 bridgehead atoms. The maximum absolute atomic E-state index is 11.7. The molecule has 1 amide bonds. The van der Waals surface area contributed by atoms with Crippen LogP contribution in [0.2, 0.25) is 0 Å². The molecule has 0 saturated carbocycles. The van der Waals surface area contributed by atoms with Gasteiger partial charge < -0.3 is 14.8 Å². The van der Waals surface area contributed by atoms with Gasteiger partial charge in [0.15, 0.2) is 0 Å². The predicted octanol–water partition coefficient (Wildman–Crippen LogP) is 1.75. The zero-order valence-corrected chi connectivity index (χ0v) is 13.3. The van der Waals surface area contributed by atoms with Crippen LogP contribution >= 0.6 is 34.8 Å². The average molecular weight is 349 g/mol. The van der Waals surface area contributed by atoms with Crippen molar-refractivity contribution < 1.29 is 23.9 Å². The van der Waals surface area contributed by atoms with E-state index >= 15 is 0 Å². The number of carbonyl (C=O) groups is 3.